The van der Waals surface area contributed by atoms with Crippen molar-refractivity contribution in [3.8, 4) is 0 Å². The highest BCUT2D eigenvalue weighted by atomic mass is 16.9. The Morgan fingerprint density at radius 2 is 1.70 bits per heavy atom. The van der Waals surface area contributed by atoms with Gasteiger partial charge in [-0.1, -0.05) is 13.8 Å². The highest BCUT2D eigenvalue weighted by molar-refractivity contribution is 5.80. The first-order valence-corrected chi connectivity index (χ1v) is 7.68. The molecule has 1 atom stereocenters. The highest BCUT2D eigenvalue weighted by Gasteiger charge is 2.29. The normalized spacial score (nSPS) is 12.6. The predicted molar refractivity (Wildman–Crippen MR) is 81.9 cm³/mol. The molecule has 0 bridgehead atoms. The van der Waals surface area contributed by atoms with E-state index in [1.54, 1.807) is 20.8 Å². The maximum atomic E-state index is 12.1. The summed E-state index contributed by atoms with van der Waals surface area (Å²) in [6.45, 7) is 9.07. The number of esters is 2. The Hall–Kier alpha value is -1.86. The summed E-state index contributed by atoms with van der Waals surface area (Å²) in [5.41, 5.74) is -0.598. The molecule has 0 aromatic heterocycles. The minimum atomic E-state index is -0.859. The monoisotopic (exact) mass is 333 g/mol. The molecule has 0 amide bonds. The van der Waals surface area contributed by atoms with Gasteiger partial charge in [0, 0.05) is 0 Å². The number of hydrogen-bond donors (Lipinski definition) is 0. The Labute approximate surface area is 136 Å². The molecule has 1 unspecified atom stereocenters. The van der Waals surface area contributed by atoms with E-state index in [1.807, 2.05) is 13.8 Å². The first kappa shape index (κ1) is 21.1. The van der Waals surface area contributed by atoms with Gasteiger partial charge in [-0.15, -0.1) is 10.1 Å². The standard InChI is InChI=1S/C15H27NO7/c1-11(2)12(10-13(17)23-15(3,4)5)14(18)21-8-6-7-9-22-16(19)20/h11-12H,6-10H2,1-5H3. The number of hydrogen-bond acceptors (Lipinski definition) is 7. The molecule has 0 aromatic rings. The SMILES string of the molecule is CC(C)C(CC(=O)OC(C)(C)C)C(=O)OCCCCO[N+](=O)[O-]. The Morgan fingerprint density at radius 1 is 1.13 bits per heavy atom. The second kappa shape index (κ2) is 10.0. The van der Waals surface area contributed by atoms with Gasteiger partial charge < -0.3 is 14.3 Å². The van der Waals surface area contributed by atoms with Gasteiger partial charge in [-0.05, 0) is 39.5 Å². The molecule has 0 saturated carbocycles. The van der Waals surface area contributed by atoms with Crippen molar-refractivity contribution >= 4 is 11.9 Å². The van der Waals surface area contributed by atoms with Crippen LogP contribution in [0.4, 0.5) is 0 Å². The van der Waals surface area contributed by atoms with E-state index in [9.17, 15) is 19.7 Å². The van der Waals surface area contributed by atoms with Gasteiger partial charge in [0.2, 0.25) is 0 Å². The molecule has 0 aliphatic rings. The van der Waals surface area contributed by atoms with Gasteiger partial charge in [0.15, 0.2) is 0 Å². The van der Waals surface area contributed by atoms with Crippen molar-refractivity contribution in [3.63, 3.8) is 0 Å². The molecule has 0 aliphatic heterocycles. The van der Waals surface area contributed by atoms with Crippen LogP contribution in [0.5, 0.6) is 0 Å². The van der Waals surface area contributed by atoms with Gasteiger partial charge in [0.25, 0.3) is 5.09 Å². The highest BCUT2D eigenvalue weighted by Crippen LogP contribution is 2.20. The number of nitrogens with zero attached hydrogens (tertiary/aromatic N) is 1. The summed E-state index contributed by atoms with van der Waals surface area (Å²) in [5.74, 6) is -1.53. The molecular weight excluding hydrogens is 306 g/mol. The topological polar surface area (TPSA) is 105 Å². The van der Waals surface area contributed by atoms with E-state index in [2.05, 4.69) is 4.84 Å². The Kier molecular flexibility index (Phi) is 9.21. The van der Waals surface area contributed by atoms with E-state index < -0.39 is 28.5 Å². The van der Waals surface area contributed by atoms with Crippen LogP contribution in [0.25, 0.3) is 0 Å². The van der Waals surface area contributed by atoms with Gasteiger partial charge >= 0.3 is 11.9 Å². The van der Waals surface area contributed by atoms with Crippen LogP contribution in [0.1, 0.15) is 53.9 Å². The number of unbranched alkanes of at least 4 members (excludes halogenated alkanes) is 1. The number of carbonyl (C=O) groups excluding carboxylic acids is 2. The zero-order chi connectivity index (χ0) is 18.0. The van der Waals surface area contributed by atoms with Crippen molar-refractivity contribution in [2.75, 3.05) is 13.2 Å². The molecule has 8 heteroatoms. The fourth-order valence-electron chi connectivity index (χ4n) is 1.78. The van der Waals surface area contributed by atoms with Crippen molar-refractivity contribution in [2.45, 2.75) is 59.5 Å². The minimum Gasteiger partial charge on any atom is -0.465 e. The van der Waals surface area contributed by atoms with Gasteiger partial charge in [0.1, 0.15) is 5.60 Å². The fourth-order valence-corrected chi connectivity index (χ4v) is 1.78. The van der Waals surface area contributed by atoms with Crippen LogP contribution in [0.2, 0.25) is 0 Å². The largest absolute Gasteiger partial charge is 0.465 e. The fraction of sp³-hybridized carbons (Fsp3) is 0.867. The molecule has 0 fully saturated rings. The summed E-state index contributed by atoms with van der Waals surface area (Å²) < 4.78 is 10.4. The minimum absolute atomic E-state index is 0.0296. The maximum absolute atomic E-state index is 12.1. The predicted octanol–water partition coefficient (Wildman–Crippen LogP) is 2.52. The number of rotatable bonds is 10. The summed E-state index contributed by atoms with van der Waals surface area (Å²) in [6.07, 6.45) is 0.835. The van der Waals surface area contributed by atoms with Crippen molar-refractivity contribution < 1.29 is 29.0 Å². The zero-order valence-corrected chi connectivity index (χ0v) is 14.5. The Bertz CT molecular complexity index is 401. The number of carbonyl (C=O) groups is 2. The molecule has 134 valence electrons. The molecule has 0 aliphatic carbocycles. The molecule has 0 saturated heterocycles. The third-order valence-corrected chi connectivity index (χ3v) is 2.89. The molecule has 8 nitrogen and oxygen atoms in total. The second-order valence-corrected chi connectivity index (χ2v) is 6.57. The molecule has 23 heavy (non-hydrogen) atoms. The first-order chi connectivity index (χ1) is 10.5. The maximum Gasteiger partial charge on any atom is 0.309 e. The lowest BCUT2D eigenvalue weighted by molar-refractivity contribution is -0.757. The van der Waals surface area contributed by atoms with Crippen molar-refractivity contribution in [1.29, 1.82) is 0 Å². The molecule has 0 radical (unpaired) electrons. The summed E-state index contributed by atoms with van der Waals surface area (Å²) in [7, 11) is 0. The van der Waals surface area contributed by atoms with Crippen LogP contribution < -0.4 is 0 Å². The average Bonchev–Trinajstić information content (AvgIpc) is 2.37. The van der Waals surface area contributed by atoms with E-state index >= 15 is 0 Å². The quantitative estimate of drug-likeness (QED) is 0.262. The summed E-state index contributed by atoms with van der Waals surface area (Å²) in [5, 5.41) is 9.10. The average molecular weight is 333 g/mol. The molecular formula is C15H27NO7. The van der Waals surface area contributed by atoms with E-state index in [4.69, 9.17) is 9.47 Å². The van der Waals surface area contributed by atoms with Crippen LogP contribution in [0.15, 0.2) is 0 Å². The lowest BCUT2D eigenvalue weighted by Gasteiger charge is -2.23. The van der Waals surface area contributed by atoms with Crippen molar-refractivity contribution in [2.24, 2.45) is 11.8 Å². The molecule has 0 aromatic carbocycles. The van der Waals surface area contributed by atoms with Gasteiger partial charge in [-0.25, -0.2) is 0 Å². The van der Waals surface area contributed by atoms with Crippen LogP contribution in [0.3, 0.4) is 0 Å². The Balaban J connectivity index is 4.20. The third kappa shape index (κ3) is 11.4. The zero-order valence-electron chi connectivity index (χ0n) is 14.5. The van der Waals surface area contributed by atoms with E-state index in [0.29, 0.717) is 12.8 Å². The van der Waals surface area contributed by atoms with Gasteiger partial charge in [0.05, 0.1) is 25.6 Å². The summed E-state index contributed by atoms with van der Waals surface area (Å²) in [4.78, 5) is 38.0. The van der Waals surface area contributed by atoms with E-state index in [1.165, 1.54) is 0 Å². The van der Waals surface area contributed by atoms with Crippen LogP contribution in [0, 0.1) is 22.0 Å². The van der Waals surface area contributed by atoms with Crippen molar-refractivity contribution in [1.82, 2.24) is 0 Å². The van der Waals surface area contributed by atoms with Gasteiger partial charge in [-0.2, -0.15) is 0 Å². The Morgan fingerprint density at radius 3 is 2.17 bits per heavy atom. The van der Waals surface area contributed by atoms with Crippen LogP contribution in [-0.4, -0.2) is 35.8 Å². The molecule has 0 N–H and O–H groups in total. The van der Waals surface area contributed by atoms with E-state index in [0.717, 1.165) is 0 Å². The summed E-state index contributed by atoms with van der Waals surface area (Å²) in [6, 6.07) is 0. The lowest BCUT2D eigenvalue weighted by Crippen LogP contribution is -2.30. The van der Waals surface area contributed by atoms with E-state index in [-0.39, 0.29) is 25.6 Å². The molecule has 0 spiro atoms. The van der Waals surface area contributed by atoms with Crippen molar-refractivity contribution in [3.05, 3.63) is 10.1 Å². The van der Waals surface area contributed by atoms with Gasteiger partial charge in [-0.3, -0.25) is 9.59 Å². The molecule has 0 rings (SSSR count). The van der Waals surface area contributed by atoms with Crippen LogP contribution in [-0.2, 0) is 23.9 Å². The summed E-state index contributed by atoms with van der Waals surface area (Å²) >= 11 is 0. The molecule has 0 heterocycles. The number of ether oxygens (including phenoxy) is 2. The second-order valence-electron chi connectivity index (χ2n) is 6.57. The van der Waals surface area contributed by atoms with Crippen LogP contribution >= 0.6 is 0 Å². The third-order valence-electron chi connectivity index (χ3n) is 2.89. The smallest absolute Gasteiger partial charge is 0.309 e. The first-order valence-electron chi connectivity index (χ1n) is 7.68. The lowest BCUT2D eigenvalue weighted by atomic mass is 9.92.